The highest BCUT2D eigenvalue weighted by molar-refractivity contribution is 5.79. The van der Waals surface area contributed by atoms with E-state index in [1.54, 1.807) is 16.7 Å². The fourth-order valence-corrected chi connectivity index (χ4v) is 4.49. The van der Waals surface area contributed by atoms with Crippen LogP contribution in [-0.4, -0.2) is 43.6 Å². The molecule has 0 unspecified atom stereocenters. The van der Waals surface area contributed by atoms with E-state index in [0.717, 1.165) is 54.8 Å². The van der Waals surface area contributed by atoms with Crippen molar-refractivity contribution >= 4 is 16.7 Å². The van der Waals surface area contributed by atoms with E-state index in [1.165, 1.54) is 12.1 Å². The van der Waals surface area contributed by atoms with Crippen molar-refractivity contribution in [2.75, 3.05) is 19.6 Å². The zero-order chi connectivity index (χ0) is 20.8. The zero-order valence-electron chi connectivity index (χ0n) is 17.1. The Bertz CT molecular complexity index is 1280. The van der Waals surface area contributed by atoms with Gasteiger partial charge in [-0.25, -0.2) is 9.37 Å². The van der Waals surface area contributed by atoms with Gasteiger partial charge < -0.3 is 14.0 Å². The van der Waals surface area contributed by atoms with Crippen molar-refractivity contribution in [2.24, 2.45) is 7.05 Å². The Morgan fingerprint density at radius 2 is 2.03 bits per heavy atom. The van der Waals surface area contributed by atoms with Crippen molar-refractivity contribution in [3.05, 3.63) is 63.7 Å². The molecule has 0 radical (unpaired) electrons. The molecule has 4 aromatic rings. The summed E-state index contributed by atoms with van der Waals surface area (Å²) >= 11 is 0. The summed E-state index contributed by atoms with van der Waals surface area (Å²) in [6.07, 6.45) is 6.24. The number of likely N-dealkylation sites (tertiary alicyclic amines) is 1. The number of hydrogen-bond donors (Lipinski definition) is 0. The molecule has 3 aromatic heterocycles. The number of aryl methyl sites for hydroxylation is 2. The van der Waals surface area contributed by atoms with Crippen LogP contribution in [0.5, 0.6) is 0 Å². The fraction of sp³-hybridized carbons (Fsp3) is 0.409. The minimum atomic E-state index is -0.311. The van der Waals surface area contributed by atoms with Crippen LogP contribution in [0.4, 0.5) is 4.39 Å². The molecule has 7 nitrogen and oxygen atoms in total. The van der Waals surface area contributed by atoms with Crippen molar-refractivity contribution in [3.63, 3.8) is 0 Å². The van der Waals surface area contributed by atoms with E-state index in [0.29, 0.717) is 23.7 Å². The largest absolute Gasteiger partial charge is 0.356 e. The predicted molar refractivity (Wildman–Crippen MR) is 111 cm³/mol. The maximum absolute atomic E-state index is 13.4. The molecule has 1 saturated heterocycles. The van der Waals surface area contributed by atoms with Crippen LogP contribution >= 0.6 is 0 Å². The number of aromatic nitrogens is 4. The number of fused-ring (bicyclic) bond motifs is 2. The molecule has 156 valence electrons. The van der Waals surface area contributed by atoms with Crippen molar-refractivity contribution in [2.45, 2.75) is 32.1 Å². The second kappa shape index (κ2) is 7.36. The average Bonchev–Trinajstić information content (AvgIpc) is 3.32. The smallest absolute Gasteiger partial charge is 0.262 e. The van der Waals surface area contributed by atoms with Crippen LogP contribution < -0.4 is 5.56 Å². The van der Waals surface area contributed by atoms with E-state index in [9.17, 15) is 9.18 Å². The molecule has 0 saturated carbocycles. The molecule has 4 heterocycles. The Morgan fingerprint density at radius 3 is 2.83 bits per heavy atom. The van der Waals surface area contributed by atoms with Crippen LogP contribution in [0.15, 0.2) is 39.9 Å². The SMILES string of the molecule is Cc1nc2n(C)ccn2c(=O)c1CCN1CCC(c2noc3cc(F)ccc23)CC1. The number of rotatable bonds is 4. The molecule has 0 amide bonds. The summed E-state index contributed by atoms with van der Waals surface area (Å²) < 4.78 is 22.2. The molecule has 0 atom stereocenters. The molecule has 1 aliphatic heterocycles. The van der Waals surface area contributed by atoms with Crippen LogP contribution in [-0.2, 0) is 13.5 Å². The molecule has 8 heteroatoms. The maximum atomic E-state index is 13.4. The van der Waals surface area contributed by atoms with Crippen molar-refractivity contribution in [3.8, 4) is 0 Å². The van der Waals surface area contributed by atoms with Gasteiger partial charge in [-0.3, -0.25) is 9.20 Å². The monoisotopic (exact) mass is 409 g/mol. The number of imidazole rings is 1. The number of hydrogen-bond acceptors (Lipinski definition) is 5. The number of halogens is 1. The first-order valence-electron chi connectivity index (χ1n) is 10.3. The van der Waals surface area contributed by atoms with Gasteiger partial charge >= 0.3 is 0 Å². The molecule has 1 fully saturated rings. The zero-order valence-corrected chi connectivity index (χ0v) is 17.1. The lowest BCUT2D eigenvalue weighted by molar-refractivity contribution is 0.211. The number of piperidine rings is 1. The van der Waals surface area contributed by atoms with Gasteiger partial charge in [0, 0.05) is 48.9 Å². The summed E-state index contributed by atoms with van der Waals surface area (Å²) in [5.74, 6) is 0.666. The predicted octanol–water partition coefficient (Wildman–Crippen LogP) is 3.04. The third-order valence-corrected chi connectivity index (χ3v) is 6.27. The Labute approximate surface area is 172 Å². The average molecular weight is 409 g/mol. The molecular formula is C22H24FN5O2. The van der Waals surface area contributed by atoms with Gasteiger partial charge in [0.25, 0.3) is 5.56 Å². The minimum absolute atomic E-state index is 0.0225. The standard InChI is InChI=1S/C22H24FN5O2/c1-14-17(21(29)28-12-11-26(2)22(28)24-14)7-10-27-8-5-15(6-9-27)20-18-4-3-16(23)13-19(18)30-25-20/h3-4,11-13,15H,5-10H2,1-2H3. The third kappa shape index (κ3) is 3.21. The maximum Gasteiger partial charge on any atom is 0.262 e. The summed E-state index contributed by atoms with van der Waals surface area (Å²) in [7, 11) is 1.89. The van der Waals surface area contributed by atoms with Crippen LogP contribution in [0.25, 0.3) is 16.7 Å². The van der Waals surface area contributed by atoms with E-state index in [4.69, 9.17) is 4.52 Å². The van der Waals surface area contributed by atoms with E-state index >= 15 is 0 Å². The molecule has 0 N–H and O–H groups in total. The van der Waals surface area contributed by atoms with Gasteiger partial charge in [-0.15, -0.1) is 0 Å². The second-order valence-electron chi connectivity index (χ2n) is 8.13. The van der Waals surface area contributed by atoms with Crippen molar-refractivity contribution in [1.82, 2.24) is 24.0 Å². The van der Waals surface area contributed by atoms with Gasteiger partial charge in [0.1, 0.15) is 5.82 Å². The highest BCUT2D eigenvalue weighted by atomic mass is 19.1. The molecule has 30 heavy (non-hydrogen) atoms. The van der Waals surface area contributed by atoms with Gasteiger partial charge in [-0.05, 0) is 51.4 Å². The van der Waals surface area contributed by atoms with E-state index < -0.39 is 0 Å². The quantitative estimate of drug-likeness (QED) is 0.518. The molecule has 5 rings (SSSR count). The fourth-order valence-electron chi connectivity index (χ4n) is 4.49. The van der Waals surface area contributed by atoms with Crippen molar-refractivity contribution < 1.29 is 8.91 Å². The molecule has 1 aliphatic rings. The topological polar surface area (TPSA) is 68.6 Å². The Balaban J connectivity index is 1.26. The second-order valence-corrected chi connectivity index (χ2v) is 8.13. The van der Waals surface area contributed by atoms with Gasteiger partial charge in [-0.2, -0.15) is 0 Å². The minimum Gasteiger partial charge on any atom is -0.356 e. The van der Waals surface area contributed by atoms with E-state index in [1.807, 2.05) is 24.7 Å². The molecular weight excluding hydrogens is 385 g/mol. The van der Waals surface area contributed by atoms with Crippen LogP contribution in [0.1, 0.15) is 35.7 Å². The van der Waals surface area contributed by atoms with Crippen molar-refractivity contribution in [1.29, 1.82) is 0 Å². The van der Waals surface area contributed by atoms with Crippen LogP contribution in [0, 0.1) is 12.7 Å². The van der Waals surface area contributed by atoms with E-state index in [2.05, 4.69) is 15.0 Å². The lowest BCUT2D eigenvalue weighted by Crippen LogP contribution is -2.35. The summed E-state index contributed by atoms with van der Waals surface area (Å²) in [5, 5.41) is 5.12. The van der Waals surface area contributed by atoms with Gasteiger partial charge in [-0.1, -0.05) is 5.16 Å². The third-order valence-electron chi connectivity index (χ3n) is 6.27. The first-order chi connectivity index (χ1) is 14.5. The molecule has 0 aliphatic carbocycles. The Kier molecular flexibility index (Phi) is 4.66. The number of benzene rings is 1. The number of nitrogens with zero attached hydrogens (tertiary/aromatic N) is 5. The van der Waals surface area contributed by atoms with Gasteiger partial charge in [0.05, 0.1) is 11.4 Å². The highest BCUT2D eigenvalue weighted by Crippen LogP contribution is 2.32. The highest BCUT2D eigenvalue weighted by Gasteiger charge is 2.25. The normalized spacial score (nSPS) is 16.1. The Morgan fingerprint density at radius 1 is 1.23 bits per heavy atom. The van der Waals surface area contributed by atoms with Crippen LogP contribution in [0.2, 0.25) is 0 Å². The first-order valence-corrected chi connectivity index (χ1v) is 10.3. The summed E-state index contributed by atoms with van der Waals surface area (Å²) in [6.45, 7) is 4.60. The Hall–Kier alpha value is -3.00. The lowest BCUT2D eigenvalue weighted by Gasteiger charge is -2.31. The summed E-state index contributed by atoms with van der Waals surface area (Å²) in [4.78, 5) is 19.8. The molecule has 1 aromatic carbocycles. The van der Waals surface area contributed by atoms with E-state index in [-0.39, 0.29) is 11.4 Å². The van der Waals surface area contributed by atoms with Gasteiger partial charge in [0.2, 0.25) is 5.78 Å². The summed E-state index contributed by atoms with van der Waals surface area (Å²) in [5.41, 5.74) is 3.04. The molecule has 0 spiro atoms. The first kappa shape index (κ1) is 19.0. The summed E-state index contributed by atoms with van der Waals surface area (Å²) in [6, 6.07) is 4.60. The molecule has 0 bridgehead atoms. The van der Waals surface area contributed by atoms with Gasteiger partial charge in [0.15, 0.2) is 5.58 Å². The van der Waals surface area contributed by atoms with Crippen LogP contribution in [0.3, 0.4) is 0 Å². The lowest BCUT2D eigenvalue weighted by atomic mass is 9.91.